The van der Waals surface area contributed by atoms with Crippen LogP contribution in [0.2, 0.25) is 0 Å². The highest BCUT2D eigenvalue weighted by Gasteiger charge is 2.01. The Morgan fingerprint density at radius 3 is 2.47 bits per heavy atom. The van der Waals surface area contributed by atoms with Crippen LogP contribution in [0.3, 0.4) is 0 Å². The van der Waals surface area contributed by atoms with Gasteiger partial charge in [0.15, 0.2) is 0 Å². The van der Waals surface area contributed by atoms with E-state index < -0.39 is 0 Å². The molecule has 0 heterocycles. The van der Waals surface area contributed by atoms with Crippen molar-refractivity contribution in [2.45, 2.75) is 13.8 Å². The van der Waals surface area contributed by atoms with E-state index in [0.717, 1.165) is 5.69 Å². The Bertz CT molecular complexity index is 486. The molecule has 0 spiro atoms. The lowest BCUT2D eigenvalue weighted by Gasteiger charge is -2.07. The fourth-order valence-corrected chi connectivity index (χ4v) is 1.75. The Kier molecular flexibility index (Phi) is 2.46. The molecule has 0 aliphatic rings. The standard InChI is InChI=1S/C14H15N/c1-10-6-7-11(2)14(8-10)12-4-3-5-13(15)9-12/h3-9H,15H2,1-2H3. The van der Waals surface area contributed by atoms with E-state index in [1.54, 1.807) is 0 Å². The van der Waals surface area contributed by atoms with Gasteiger partial charge in [0, 0.05) is 5.69 Å². The van der Waals surface area contributed by atoms with Gasteiger partial charge in [-0.15, -0.1) is 0 Å². The summed E-state index contributed by atoms with van der Waals surface area (Å²) >= 11 is 0. The van der Waals surface area contributed by atoms with Crippen LogP contribution < -0.4 is 5.73 Å². The highest BCUT2D eigenvalue weighted by Crippen LogP contribution is 2.25. The predicted molar refractivity (Wildman–Crippen MR) is 65.8 cm³/mol. The van der Waals surface area contributed by atoms with Crippen LogP contribution in [0.25, 0.3) is 11.1 Å². The monoisotopic (exact) mass is 197 g/mol. The summed E-state index contributed by atoms with van der Waals surface area (Å²) < 4.78 is 0. The van der Waals surface area contributed by atoms with Crippen molar-refractivity contribution in [2.75, 3.05) is 5.73 Å². The molecule has 0 radical (unpaired) electrons. The summed E-state index contributed by atoms with van der Waals surface area (Å²) in [4.78, 5) is 0. The summed E-state index contributed by atoms with van der Waals surface area (Å²) in [7, 11) is 0. The Labute approximate surface area is 90.6 Å². The van der Waals surface area contributed by atoms with Gasteiger partial charge in [-0.25, -0.2) is 0 Å². The SMILES string of the molecule is Cc1ccc(C)c(-c2cccc(N)c2)c1. The third-order valence-electron chi connectivity index (χ3n) is 2.59. The molecule has 0 amide bonds. The van der Waals surface area contributed by atoms with Crippen molar-refractivity contribution >= 4 is 5.69 Å². The second kappa shape index (κ2) is 3.77. The molecule has 0 aliphatic heterocycles. The second-order valence-electron chi connectivity index (χ2n) is 3.94. The van der Waals surface area contributed by atoms with Gasteiger partial charge in [0.1, 0.15) is 0 Å². The fourth-order valence-electron chi connectivity index (χ4n) is 1.75. The molecule has 0 saturated carbocycles. The van der Waals surface area contributed by atoms with Gasteiger partial charge in [-0.3, -0.25) is 0 Å². The molecule has 76 valence electrons. The largest absolute Gasteiger partial charge is 0.399 e. The van der Waals surface area contributed by atoms with Gasteiger partial charge in [0.05, 0.1) is 0 Å². The van der Waals surface area contributed by atoms with Gasteiger partial charge >= 0.3 is 0 Å². The van der Waals surface area contributed by atoms with Crippen molar-refractivity contribution in [2.24, 2.45) is 0 Å². The molecule has 1 heteroatoms. The molecule has 2 rings (SSSR count). The lowest BCUT2D eigenvalue weighted by atomic mass is 9.98. The first-order valence-electron chi connectivity index (χ1n) is 5.10. The first kappa shape index (κ1) is 9.78. The number of aryl methyl sites for hydroxylation is 2. The van der Waals surface area contributed by atoms with Gasteiger partial charge in [0.2, 0.25) is 0 Å². The summed E-state index contributed by atoms with van der Waals surface area (Å²) in [6.07, 6.45) is 0. The average Bonchev–Trinajstić information content (AvgIpc) is 2.22. The van der Waals surface area contributed by atoms with E-state index in [2.05, 4.69) is 38.1 Å². The zero-order valence-corrected chi connectivity index (χ0v) is 9.12. The molecule has 1 nitrogen and oxygen atoms in total. The van der Waals surface area contributed by atoms with Crippen LogP contribution in [0.5, 0.6) is 0 Å². The van der Waals surface area contributed by atoms with Crippen molar-refractivity contribution in [3.05, 3.63) is 53.6 Å². The maximum absolute atomic E-state index is 5.78. The zero-order chi connectivity index (χ0) is 10.8. The normalized spacial score (nSPS) is 10.3. The van der Waals surface area contributed by atoms with Crippen LogP contribution in [0.15, 0.2) is 42.5 Å². The van der Waals surface area contributed by atoms with Crippen molar-refractivity contribution in [3.63, 3.8) is 0 Å². The molecule has 0 aromatic heterocycles. The minimum atomic E-state index is 0.813. The van der Waals surface area contributed by atoms with Gasteiger partial charge in [-0.2, -0.15) is 0 Å². The second-order valence-corrected chi connectivity index (χ2v) is 3.94. The third kappa shape index (κ3) is 2.01. The number of rotatable bonds is 1. The molecule has 2 N–H and O–H groups in total. The first-order valence-corrected chi connectivity index (χ1v) is 5.10. The molecule has 0 bridgehead atoms. The smallest absolute Gasteiger partial charge is 0.0320 e. The number of hydrogen-bond donors (Lipinski definition) is 1. The highest BCUT2D eigenvalue weighted by atomic mass is 14.5. The van der Waals surface area contributed by atoms with E-state index in [1.807, 2.05) is 18.2 Å². The van der Waals surface area contributed by atoms with Crippen LogP contribution in [0, 0.1) is 13.8 Å². The van der Waals surface area contributed by atoms with E-state index in [-0.39, 0.29) is 0 Å². The summed E-state index contributed by atoms with van der Waals surface area (Å²) in [5.41, 5.74) is 11.6. The number of anilines is 1. The summed E-state index contributed by atoms with van der Waals surface area (Å²) in [5.74, 6) is 0. The number of hydrogen-bond acceptors (Lipinski definition) is 1. The van der Waals surface area contributed by atoms with Crippen molar-refractivity contribution < 1.29 is 0 Å². The highest BCUT2D eigenvalue weighted by molar-refractivity contribution is 5.70. The minimum absolute atomic E-state index is 0.813. The van der Waals surface area contributed by atoms with Crippen LogP contribution >= 0.6 is 0 Å². The van der Waals surface area contributed by atoms with Crippen molar-refractivity contribution in [1.82, 2.24) is 0 Å². The lowest BCUT2D eigenvalue weighted by Crippen LogP contribution is -1.88. The Morgan fingerprint density at radius 1 is 0.933 bits per heavy atom. The molecule has 2 aromatic carbocycles. The third-order valence-corrected chi connectivity index (χ3v) is 2.59. The van der Waals surface area contributed by atoms with E-state index in [0.29, 0.717) is 0 Å². The predicted octanol–water partition coefficient (Wildman–Crippen LogP) is 3.55. The molecule has 0 saturated heterocycles. The number of nitrogen functional groups attached to an aromatic ring is 1. The van der Waals surface area contributed by atoms with Gasteiger partial charge in [-0.05, 0) is 42.7 Å². The molecule has 15 heavy (non-hydrogen) atoms. The van der Waals surface area contributed by atoms with Crippen molar-refractivity contribution in [1.29, 1.82) is 0 Å². The maximum Gasteiger partial charge on any atom is 0.0320 e. The molecule has 0 unspecified atom stereocenters. The van der Waals surface area contributed by atoms with Crippen LogP contribution in [0.4, 0.5) is 5.69 Å². The molecule has 0 aliphatic carbocycles. The summed E-state index contributed by atoms with van der Waals surface area (Å²) in [6.45, 7) is 4.23. The minimum Gasteiger partial charge on any atom is -0.399 e. The van der Waals surface area contributed by atoms with Crippen LogP contribution in [-0.2, 0) is 0 Å². The van der Waals surface area contributed by atoms with E-state index in [4.69, 9.17) is 5.73 Å². The number of benzene rings is 2. The Morgan fingerprint density at radius 2 is 1.73 bits per heavy atom. The maximum atomic E-state index is 5.78. The van der Waals surface area contributed by atoms with Gasteiger partial charge in [0.25, 0.3) is 0 Å². The van der Waals surface area contributed by atoms with E-state index in [9.17, 15) is 0 Å². The van der Waals surface area contributed by atoms with Crippen LogP contribution in [-0.4, -0.2) is 0 Å². The number of nitrogens with two attached hydrogens (primary N) is 1. The van der Waals surface area contributed by atoms with Gasteiger partial charge < -0.3 is 5.73 Å². The lowest BCUT2D eigenvalue weighted by molar-refractivity contribution is 1.39. The van der Waals surface area contributed by atoms with E-state index in [1.165, 1.54) is 22.3 Å². The van der Waals surface area contributed by atoms with Crippen LogP contribution in [0.1, 0.15) is 11.1 Å². The summed E-state index contributed by atoms with van der Waals surface area (Å²) in [5, 5.41) is 0. The molecule has 0 fully saturated rings. The fraction of sp³-hybridized carbons (Fsp3) is 0.143. The Hall–Kier alpha value is -1.76. The van der Waals surface area contributed by atoms with Crippen molar-refractivity contribution in [3.8, 4) is 11.1 Å². The van der Waals surface area contributed by atoms with E-state index >= 15 is 0 Å². The first-order chi connectivity index (χ1) is 7.16. The molecular formula is C14H15N. The Balaban J connectivity index is 2.58. The molecule has 2 aromatic rings. The zero-order valence-electron chi connectivity index (χ0n) is 9.12. The van der Waals surface area contributed by atoms with Gasteiger partial charge in [-0.1, -0.05) is 35.9 Å². The summed E-state index contributed by atoms with van der Waals surface area (Å²) in [6, 6.07) is 14.5. The molecule has 0 atom stereocenters. The topological polar surface area (TPSA) is 26.0 Å². The molecular weight excluding hydrogens is 182 g/mol. The average molecular weight is 197 g/mol. The quantitative estimate of drug-likeness (QED) is 0.695.